The van der Waals surface area contributed by atoms with Crippen LogP contribution >= 0.6 is 11.6 Å². The van der Waals surface area contributed by atoms with Crippen molar-refractivity contribution in [3.05, 3.63) is 48.0 Å². The van der Waals surface area contributed by atoms with E-state index in [9.17, 15) is 0 Å². The Labute approximate surface area is 109 Å². The summed E-state index contributed by atoms with van der Waals surface area (Å²) in [6.45, 7) is 6.65. The largest absolute Gasteiger partial charge is 0.117 e. The summed E-state index contributed by atoms with van der Waals surface area (Å²) in [5.41, 5.74) is 1.36. The van der Waals surface area contributed by atoms with E-state index in [4.69, 9.17) is 11.6 Å². The van der Waals surface area contributed by atoms with Crippen molar-refractivity contribution in [2.24, 2.45) is 5.41 Å². The van der Waals surface area contributed by atoms with Gasteiger partial charge in [0.25, 0.3) is 0 Å². The average molecular weight is 247 g/mol. The van der Waals surface area contributed by atoms with Gasteiger partial charge in [-0.3, -0.25) is 0 Å². The summed E-state index contributed by atoms with van der Waals surface area (Å²) in [6, 6.07) is 14.8. The standard InChI is InChI=1S/C16H19Cl/c1-4-16(2,3)15(17)14-11-7-9-12-8-5-6-10-13(12)14/h5-11,15H,4H2,1-3H3. The van der Waals surface area contributed by atoms with Crippen molar-refractivity contribution >= 4 is 22.4 Å². The lowest BCUT2D eigenvalue weighted by molar-refractivity contribution is 0.337. The molecule has 0 aliphatic rings. The molecule has 0 amide bonds. The van der Waals surface area contributed by atoms with Gasteiger partial charge >= 0.3 is 0 Å². The van der Waals surface area contributed by atoms with Crippen LogP contribution in [0.25, 0.3) is 10.8 Å². The number of alkyl halides is 1. The van der Waals surface area contributed by atoms with Crippen LogP contribution in [0.2, 0.25) is 0 Å². The third kappa shape index (κ3) is 2.32. The van der Waals surface area contributed by atoms with E-state index >= 15 is 0 Å². The molecule has 0 aliphatic heterocycles. The van der Waals surface area contributed by atoms with Crippen molar-refractivity contribution in [3.63, 3.8) is 0 Å². The van der Waals surface area contributed by atoms with Gasteiger partial charge in [-0.1, -0.05) is 63.2 Å². The number of rotatable bonds is 3. The predicted molar refractivity (Wildman–Crippen MR) is 76.6 cm³/mol. The van der Waals surface area contributed by atoms with Gasteiger partial charge in [0.05, 0.1) is 5.38 Å². The normalized spacial score (nSPS) is 13.9. The number of hydrogen-bond acceptors (Lipinski definition) is 0. The summed E-state index contributed by atoms with van der Waals surface area (Å²) >= 11 is 6.68. The van der Waals surface area contributed by atoms with Crippen molar-refractivity contribution in [1.82, 2.24) is 0 Å². The molecular formula is C16H19Cl. The fourth-order valence-electron chi connectivity index (χ4n) is 2.07. The quantitative estimate of drug-likeness (QED) is 0.623. The Morgan fingerprint density at radius 2 is 1.71 bits per heavy atom. The predicted octanol–water partition coefficient (Wildman–Crippen LogP) is 5.56. The highest BCUT2D eigenvalue weighted by molar-refractivity contribution is 6.22. The van der Waals surface area contributed by atoms with Crippen LogP contribution in [0.3, 0.4) is 0 Å². The molecule has 0 nitrogen and oxygen atoms in total. The number of fused-ring (bicyclic) bond motifs is 1. The number of benzene rings is 2. The lowest BCUT2D eigenvalue weighted by Crippen LogP contribution is -2.17. The van der Waals surface area contributed by atoms with Crippen LogP contribution < -0.4 is 0 Å². The maximum atomic E-state index is 6.68. The first-order valence-corrected chi connectivity index (χ1v) is 6.61. The second kappa shape index (κ2) is 4.70. The highest BCUT2D eigenvalue weighted by atomic mass is 35.5. The molecule has 2 aromatic rings. The first-order chi connectivity index (χ1) is 8.06. The van der Waals surface area contributed by atoms with E-state index in [0.717, 1.165) is 6.42 Å². The molecule has 0 heterocycles. The van der Waals surface area contributed by atoms with Crippen LogP contribution in [0.15, 0.2) is 42.5 Å². The van der Waals surface area contributed by atoms with Crippen LogP contribution in [0, 0.1) is 5.41 Å². The molecule has 1 heteroatoms. The first kappa shape index (κ1) is 12.4. The molecular weight excluding hydrogens is 228 g/mol. The van der Waals surface area contributed by atoms with E-state index in [0.29, 0.717) is 0 Å². The molecule has 0 N–H and O–H groups in total. The minimum atomic E-state index is 0.0543. The highest BCUT2D eigenvalue weighted by Crippen LogP contribution is 2.43. The average Bonchev–Trinajstić information content (AvgIpc) is 2.37. The molecule has 1 unspecified atom stereocenters. The Bertz CT molecular complexity index is 508. The van der Waals surface area contributed by atoms with Crippen molar-refractivity contribution in [2.45, 2.75) is 32.6 Å². The second-order valence-electron chi connectivity index (χ2n) is 5.27. The zero-order valence-corrected chi connectivity index (χ0v) is 11.5. The molecule has 0 aliphatic carbocycles. The Morgan fingerprint density at radius 3 is 2.41 bits per heavy atom. The van der Waals surface area contributed by atoms with Crippen molar-refractivity contribution in [3.8, 4) is 0 Å². The summed E-state index contributed by atoms with van der Waals surface area (Å²) in [6.07, 6.45) is 1.07. The summed E-state index contributed by atoms with van der Waals surface area (Å²) in [4.78, 5) is 0. The minimum absolute atomic E-state index is 0.0543. The molecule has 0 aromatic heterocycles. The number of hydrogen-bond donors (Lipinski definition) is 0. The van der Waals surface area contributed by atoms with Gasteiger partial charge in [0.2, 0.25) is 0 Å². The molecule has 0 radical (unpaired) electrons. The topological polar surface area (TPSA) is 0 Å². The third-order valence-corrected chi connectivity index (χ3v) is 4.52. The molecule has 0 saturated carbocycles. The fourth-order valence-corrected chi connectivity index (χ4v) is 2.42. The Hall–Kier alpha value is -1.01. The van der Waals surface area contributed by atoms with Crippen LogP contribution in [0.5, 0.6) is 0 Å². The van der Waals surface area contributed by atoms with Crippen LogP contribution in [-0.2, 0) is 0 Å². The Balaban J connectivity index is 2.56. The van der Waals surface area contributed by atoms with Crippen LogP contribution in [-0.4, -0.2) is 0 Å². The van der Waals surface area contributed by atoms with E-state index in [1.807, 2.05) is 0 Å². The Kier molecular flexibility index (Phi) is 3.44. The fraction of sp³-hybridized carbons (Fsp3) is 0.375. The summed E-state index contributed by atoms with van der Waals surface area (Å²) in [5, 5.41) is 2.60. The molecule has 0 bridgehead atoms. The SMILES string of the molecule is CCC(C)(C)C(Cl)c1cccc2ccccc12. The van der Waals surface area contributed by atoms with Gasteiger partial charge in [0.1, 0.15) is 0 Å². The minimum Gasteiger partial charge on any atom is -0.117 e. The summed E-state index contributed by atoms with van der Waals surface area (Å²) < 4.78 is 0. The van der Waals surface area contributed by atoms with Crippen molar-refractivity contribution < 1.29 is 0 Å². The summed E-state index contributed by atoms with van der Waals surface area (Å²) in [5.74, 6) is 0. The lowest BCUT2D eigenvalue weighted by atomic mass is 9.81. The zero-order chi connectivity index (χ0) is 12.5. The second-order valence-corrected chi connectivity index (χ2v) is 5.71. The third-order valence-electron chi connectivity index (χ3n) is 3.69. The van der Waals surface area contributed by atoms with Gasteiger partial charge in [-0.25, -0.2) is 0 Å². The Morgan fingerprint density at radius 1 is 1.06 bits per heavy atom. The molecule has 17 heavy (non-hydrogen) atoms. The van der Waals surface area contributed by atoms with Crippen molar-refractivity contribution in [1.29, 1.82) is 0 Å². The maximum absolute atomic E-state index is 6.68. The molecule has 90 valence electrons. The molecule has 0 saturated heterocycles. The van der Waals surface area contributed by atoms with E-state index in [2.05, 4.69) is 63.2 Å². The van der Waals surface area contributed by atoms with Gasteiger partial charge in [-0.05, 0) is 28.2 Å². The van der Waals surface area contributed by atoms with Gasteiger partial charge in [0, 0.05) is 0 Å². The summed E-state index contributed by atoms with van der Waals surface area (Å²) in [7, 11) is 0. The van der Waals surface area contributed by atoms with Gasteiger partial charge < -0.3 is 0 Å². The monoisotopic (exact) mass is 246 g/mol. The molecule has 2 aromatic carbocycles. The lowest BCUT2D eigenvalue weighted by Gasteiger charge is -2.29. The molecule has 0 fully saturated rings. The van der Waals surface area contributed by atoms with Gasteiger partial charge in [0.15, 0.2) is 0 Å². The molecule has 1 atom stereocenters. The van der Waals surface area contributed by atoms with Crippen LogP contribution in [0.1, 0.15) is 38.1 Å². The van der Waals surface area contributed by atoms with E-state index < -0.39 is 0 Å². The van der Waals surface area contributed by atoms with E-state index in [1.165, 1.54) is 16.3 Å². The molecule has 2 rings (SSSR count). The van der Waals surface area contributed by atoms with Crippen molar-refractivity contribution in [2.75, 3.05) is 0 Å². The van der Waals surface area contributed by atoms with E-state index in [1.54, 1.807) is 0 Å². The first-order valence-electron chi connectivity index (χ1n) is 6.18. The van der Waals surface area contributed by atoms with E-state index in [-0.39, 0.29) is 10.8 Å². The smallest absolute Gasteiger partial charge is 0.0642 e. The highest BCUT2D eigenvalue weighted by Gasteiger charge is 2.28. The van der Waals surface area contributed by atoms with Gasteiger partial charge in [-0.15, -0.1) is 11.6 Å². The zero-order valence-electron chi connectivity index (χ0n) is 10.7. The molecule has 0 spiro atoms. The number of halogens is 1. The maximum Gasteiger partial charge on any atom is 0.0642 e. The van der Waals surface area contributed by atoms with Gasteiger partial charge in [-0.2, -0.15) is 0 Å². The van der Waals surface area contributed by atoms with Crippen LogP contribution in [0.4, 0.5) is 0 Å².